The quantitative estimate of drug-likeness (QED) is 0.783. The van der Waals surface area contributed by atoms with Gasteiger partial charge in [0.1, 0.15) is 0 Å². The first kappa shape index (κ1) is 10.5. The Morgan fingerprint density at radius 3 is 2.80 bits per heavy atom. The Morgan fingerprint density at radius 1 is 1.53 bits per heavy atom. The number of rotatable bonds is 5. The highest BCUT2D eigenvalue weighted by Gasteiger charge is 2.20. The summed E-state index contributed by atoms with van der Waals surface area (Å²) in [7, 11) is 6.10. The molecule has 0 atom stereocenters. The molecule has 1 aromatic rings. The van der Waals surface area contributed by atoms with Crippen LogP contribution in [0.5, 0.6) is 0 Å². The van der Waals surface area contributed by atoms with E-state index in [1.54, 1.807) is 0 Å². The van der Waals surface area contributed by atoms with Gasteiger partial charge in [0.25, 0.3) is 0 Å². The van der Waals surface area contributed by atoms with Crippen molar-refractivity contribution in [2.75, 3.05) is 25.5 Å². The molecule has 0 saturated heterocycles. The number of aromatic nitrogens is 2. The Labute approximate surface area is 91.3 Å². The minimum atomic E-state index is 0.924. The van der Waals surface area contributed by atoms with Gasteiger partial charge >= 0.3 is 0 Å². The van der Waals surface area contributed by atoms with Crippen LogP contribution < -0.4 is 10.2 Å². The van der Waals surface area contributed by atoms with E-state index >= 15 is 0 Å². The lowest BCUT2D eigenvalue weighted by molar-refractivity contribution is 0.615. The smallest absolute Gasteiger partial charge is 0.204 e. The van der Waals surface area contributed by atoms with Gasteiger partial charge in [-0.15, -0.1) is 0 Å². The van der Waals surface area contributed by atoms with Crippen molar-refractivity contribution in [1.29, 1.82) is 0 Å². The van der Waals surface area contributed by atoms with Crippen LogP contribution in [0, 0.1) is 5.92 Å². The molecule has 4 heteroatoms. The maximum atomic E-state index is 4.38. The van der Waals surface area contributed by atoms with E-state index in [9.17, 15) is 0 Å². The summed E-state index contributed by atoms with van der Waals surface area (Å²) in [6.45, 7) is 2.08. The molecule has 0 aliphatic heterocycles. The third kappa shape index (κ3) is 2.50. The molecule has 0 aromatic carbocycles. The van der Waals surface area contributed by atoms with Gasteiger partial charge in [0.15, 0.2) is 0 Å². The molecule has 1 N–H and O–H groups in total. The minimum Gasteiger partial charge on any atom is -0.348 e. The summed E-state index contributed by atoms with van der Waals surface area (Å²) < 4.78 is 2.14. The van der Waals surface area contributed by atoms with Gasteiger partial charge in [0, 0.05) is 27.7 Å². The predicted octanol–water partition coefficient (Wildman–Crippen LogP) is 0.986. The molecule has 0 unspecified atom stereocenters. The highest BCUT2D eigenvalue weighted by molar-refractivity contribution is 5.30. The van der Waals surface area contributed by atoms with E-state index < -0.39 is 0 Å². The van der Waals surface area contributed by atoms with Gasteiger partial charge in [-0.25, -0.2) is 4.98 Å². The minimum absolute atomic E-state index is 0.924. The standard InChI is InChI=1S/C11H20N4/c1-14(2)11-13-8-10(15(11)3)7-12-6-9-4-5-9/h8-9,12H,4-7H2,1-3H3. The van der Waals surface area contributed by atoms with Crippen molar-refractivity contribution in [1.82, 2.24) is 14.9 Å². The van der Waals surface area contributed by atoms with E-state index in [1.807, 2.05) is 25.2 Å². The number of hydrogen-bond acceptors (Lipinski definition) is 3. The van der Waals surface area contributed by atoms with Crippen LogP contribution in [0.2, 0.25) is 0 Å². The highest BCUT2D eigenvalue weighted by Crippen LogP contribution is 2.27. The summed E-state index contributed by atoms with van der Waals surface area (Å²) in [5.74, 6) is 1.95. The molecule has 0 bridgehead atoms. The van der Waals surface area contributed by atoms with Crippen LogP contribution in [0.25, 0.3) is 0 Å². The first-order chi connectivity index (χ1) is 7.18. The largest absolute Gasteiger partial charge is 0.348 e. The second kappa shape index (κ2) is 4.23. The Balaban J connectivity index is 1.89. The fraction of sp³-hybridized carbons (Fsp3) is 0.727. The van der Waals surface area contributed by atoms with Crippen LogP contribution in [-0.4, -0.2) is 30.2 Å². The third-order valence-electron chi connectivity index (χ3n) is 2.90. The molecule has 4 nitrogen and oxygen atoms in total. The van der Waals surface area contributed by atoms with Crippen molar-refractivity contribution in [2.24, 2.45) is 13.0 Å². The molecule has 1 aromatic heterocycles. The Morgan fingerprint density at radius 2 is 2.27 bits per heavy atom. The molecule has 1 aliphatic carbocycles. The summed E-state index contributed by atoms with van der Waals surface area (Å²) in [6.07, 6.45) is 4.76. The van der Waals surface area contributed by atoms with Crippen LogP contribution >= 0.6 is 0 Å². The Bertz CT molecular complexity index is 325. The van der Waals surface area contributed by atoms with Crippen molar-refractivity contribution in [3.8, 4) is 0 Å². The molecule has 1 fully saturated rings. The average molecular weight is 208 g/mol. The first-order valence-corrected chi connectivity index (χ1v) is 5.57. The molecular formula is C11H20N4. The Hall–Kier alpha value is -1.03. The summed E-state index contributed by atoms with van der Waals surface area (Å²) in [5, 5.41) is 3.48. The molecule has 2 rings (SSSR count). The van der Waals surface area contributed by atoms with Gasteiger partial charge < -0.3 is 14.8 Å². The van der Waals surface area contributed by atoms with Gasteiger partial charge in [-0.2, -0.15) is 0 Å². The zero-order valence-corrected chi connectivity index (χ0v) is 9.82. The van der Waals surface area contributed by atoms with E-state index in [-0.39, 0.29) is 0 Å². The predicted molar refractivity (Wildman–Crippen MR) is 62.0 cm³/mol. The lowest BCUT2D eigenvalue weighted by Crippen LogP contribution is -2.19. The van der Waals surface area contributed by atoms with Crippen molar-refractivity contribution < 1.29 is 0 Å². The lowest BCUT2D eigenvalue weighted by atomic mass is 10.4. The fourth-order valence-electron chi connectivity index (χ4n) is 1.74. The van der Waals surface area contributed by atoms with E-state index in [0.717, 1.165) is 25.0 Å². The SMILES string of the molecule is CN(C)c1ncc(CNCC2CC2)n1C. The van der Waals surface area contributed by atoms with Crippen LogP contribution in [-0.2, 0) is 13.6 Å². The number of hydrogen-bond donors (Lipinski definition) is 1. The maximum Gasteiger partial charge on any atom is 0.204 e. The molecular weight excluding hydrogens is 188 g/mol. The van der Waals surface area contributed by atoms with E-state index in [2.05, 4.69) is 21.9 Å². The second-order valence-electron chi connectivity index (χ2n) is 4.58. The highest BCUT2D eigenvalue weighted by atomic mass is 15.3. The Kier molecular flexibility index (Phi) is 2.95. The molecule has 0 radical (unpaired) electrons. The zero-order valence-electron chi connectivity index (χ0n) is 9.82. The van der Waals surface area contributed by atoms with Crippen molar-refractivity contribution in [3.05, 3.63) is 11.9 Å². The fourth-order valence-corrected chi connectivity index (χ4v) is 1.74. The monoisotopic (exact) mass is 208 g/mol. The van der Waals surface area contributed by atoms with Gasteiger partial charge in [-0.1, -0.05) is 0 Å². The summed E-state index contributed by atoms with van der Waals surface area (Å²) >= 11 is 0. The van der Waals surface area contributed by atoms with Crippen molar-refractivity contribution >= 4 is 5.95 Å². The molecule has 1 saturated carbocycles. The maximum absolute atomic E-state index is 4.38. The molecule has 84 valence electrons. The summed E-state index contributed by atoms with van der Waals surface area (Å²) in [6, 6.07) is 0. The molecule has 0 amide bonds. The number of nitrogens with one attached hydrogen (secondary N) is 1. The third-order valence-corrected chi connectivity index (χ3v) is 2.90. The molecule has 1 heterocycles. The average Bonchev–Trinajstić information content (AvgIpc) is 2.92. The van der Waals surface area contributed by atoms with Gasteiger partial charge in [-0.3, -0.25) is 0 Å². The lowest BCUT2D eigenvalue weighted by Gasteiger charge is -2.12. The topological polar surface area (TPSA) is 33.1 Å². The van der Waals surface area contributed by atoms with Crippen molar-refractivity contribution in [3.63, 3.8) is 0 Å². The normalized spacial score (nSPS) is 15.7. The molecule has 1 aliphatic rings. The zero-order chi connectivity index (χ0) is 10.8. The number of anilines is 1. The van der Waals surface area contributed by atoms with Crippen LogP contribution in [0.15, 0.2) is 6.20 Å². The molecule has 15 heavy (non-hydrogen) atoms. The van der Waals surface area contributed by atoms with Crippen LogP contribution in [0.3, 0.4) is 0 Å². The first-order valence-electron chi connectivity index (χ1n) is 5.57. The number of nitrogens with zero attached hydrogens (tertiary/aromatic N) is 3. The van der Waals surface area contributed by atoms with Crippen molar-refractivity contribution in [2.45, 2.75) is 19.4 Å². The van der Waals surface area contributed by atoms with Crippen LogP contribution in [0.1, 0.15) is 18.5 Å². The summed E-state index contributed by atoms with van der Waals surface area (Å²) in [4.78, 5) is 6.41. The van der Waals surface area contributed by atoms with Gasteiger partial charge in [-0.05, 0) is 25.3 Å². The molecule has 0 spiro atoms. The second-order valence-corrected chi connectivity index (χ2v) is 4.58. The van der Waals surface area contributed by atoms with E-state index in [0.29, 0.717) is 0 Å². The van der Waals surface area contributed by atoms with E-state index in [1.165, 1.54) is 18.5 Å². The van der Waals surface area contributed by atoms with Gasteiger partial charge in [0.2, 0.25) is 5.95 Å². The van der Waals surface area contributed by atoms with Gasteiger partial charge in [0.05, 0.1) is 11.9 Å². The van der Waals surface area contributed by atoms with Crippen LogP contribution in [0.4, 0.5) is 5.95 Å². The van der Waals surface area contributed by atoms with E-state index in [4.69, 9.17) is 0 Å². The summed E-state index contributed by atoms with van der Waals surface area (Å²) in [5.41, 5.74) is 1.25. The number of imidazole rings is 1.